The van der Waals surface area contributed by atoms with Gasteiger partial charge in [0, 0.05) is 23.7 Å². The van der Waals surface area contributed by atoms with E-state index in [1.165, 1.54) is 0 Å². The lowest BCUT2D eigenvalue weighted by molar-refractivity contribution is -0.141. The molecule has 1 aromatic heterocycles. The van der Waals surface area contributed by atoms with E-state index < -0.39 is 11.9 Å². The van der Waals surface area contributed by atoms with Gasteiger partial charge in [0.25, 0.3) is 0 Å². The quantitative estimate of drug-likeness (QED) is 0.880. The summed E-state index contributed by atoms with van der Waals surface area (Å²) >= 11 is 5.82. The van der Waals surface area contributed by atoms with E-state index in [0.717, 1.165) is 18.9 Å². The molecule has 1 unspecified atom stereocenters. The molecule has 128 valence electrons. The van der Waals surface area contributed by atoms with Crippen LogP contribution >= 0.6 is 11.6 Å². The topological polar surface area (TPSA) is 47.0 Å². The van der Waals surface area contributed by atoms with Crippen molar-refractivity contribution in [1.82, 2.24) is 9.97 Å². The molecule has 8 heteroatoms. The number of rotatable bonds is 4. The molecule has 1 saturated heterocycles. The Morgan fingerprint density at radius 2 is 1.96 bits per heavy atom. The molecule has 1 aliphatic rings. The van der Waals surface area contributed by atoms with Crippen molar-refractivity contribution in [2.75, 3.05) is 18.5 Å². The highest BCUT2D eigenvalue weighted by atomic mass is 35.5. The molecule has 1 fully saturated rings. The third kappa shape index (κ3) is 4.15. The summed E-state index contributed by atoms with van der Waals surface area (Å²) in [5.74, 6) is -0.0646. The zero-order valence-corrected chi connectivity index (χ0v) is 13.4. The van der Waals surface area contributed by atoms with E-state index in [2.05, 4.69) is 15.3 Å². The number of alkyl halides is 3. The average molecular weight is 358 g/mol. The van der Waals surface area contributed by atoms with E-state index >= 15 is 0 Å². The van der Waals surface area contributed by atoms with Gasteiger partial charge in [0.2, 0.25) is 5.95 Å². The highest BCUT2D eigenvalue weighted by Gasteiger charge is 2.34. The summed E-state index contributed by atoms with van der Waals surface area (Å²) in [4.78, 5) is 7.77. The molecule has 0 amide bonds. The average Bonchev–Trinajstić information content (AvgIpc) is 3.06. The molecule has 1 atom stereocenters. The van der Waals surface area contributed by atoms with E-state index in [0.29, 0.717) is 23.7 Å². The van der Waals surface area contributed by atoms with Gasteiger partial charge in [0.15, 0.2) is 5.69 Å². The Bertz CT molecular complexity index is 701. The number of hydrogen-bond acceptors (Lipinski definition) is 4. The molecule has 0 saturated carbocycles. The summed E-state index contributed by atoms with van der Waals surface area (Å²) in [7, 11) is 0. The van der Waals surface area contributed by atoms with Crippen LogP contribution in [0.4, 0.5) is 19.1 Å². The van der Waals surface area contributed by atoms with Gasteiger partial charge in [0.05, 0.1) is 11.8 Å². The van der Waals surface area contributed by atoms with Crippen molar-refractivity contribution < 1.29 is 17.9 Å². The van der Waals surface area contributed by atoms with Gasteiger partial charge in [-0.2, -0.15) is 13.2 Å². The first-order valence-corrected chi connectivity index (χ1v) is 7.87. The number of benzene rings is 1. The second-order valence-corrected chi connectivity index (χ2v) is 5.92. The van der Waals surface area contributed by atoms with Crippen LogP contribution in [0.25, 0.3) is 11.3 Å². The Labute approximate surface area is 142 Å². The molecule has 3 rings (SSSR count). The molecule has 1 aliphatic heterocycles. The number of anilines is 1. The number of halogens is 4. The standard InChI is InChI=1S/C16H15ClF3N3O/c17-11-5-3-10(4-6-11)13-8-14(16(18,19)20)23-15(22-13)21-9-12-2-1-7-24-12/h3-6,8,12H,1-2,7,9H2,(H,21,22,23). The van der Waals surface area contributed by atoms with Crippen LogP contribution in [0.3, 0.4) is 0 Å². The lowest BCUT2D eigenvalue weighted by atomic mass is 10.1. The van der Waals surface area contributed by atoms with Gasteiger partial charge in [-0.25, -0.2) is 9.97 Å². The molecule has 2 heterocycles. The van der Waals surface area contributed by atoms with Crippen LogP contribution in [0.15, 0.2) is 30.3 Å². The summed E-state index contributed by atoms with van der Waals surface area (Å²) in [6.07, 6.45) is -2.76. The third-order valence-corrected chi connectivity index (χ3v) is 3.92. The van der Waals surface area contributed by atoms with Crippen LogP contribution in [-0.4, -0.2) is 29.2 Å². The van der Waals surface area contributed by atoms with Gasteiger partial charge >= 0.3 is 6.18 Å². The SMILES string of the molecule is FC(F)(F)c1cc(-c2ccc(Cl)cc2)nc(NCC2CCCO2)n1. The normalized spacial score (nSPS) is 17.9. The zero-order chi connectivity index (χ0) is 17.2. The Morgan fingerprint density at radius 3 is 2.58 bits per heavy atom. The van der Waals surface area contributed by atoms with Crippen molar-refractivity contribution in [2.24, 2.45) is 0 Å². The lowest BCUT2D eigenvalue weighted by Gasteiger charge is -2.14. The summed E-state index contributed by atoms with van der Waals surface area (Å²) in [5.41, 5.74) is -0.270. The van der Waals surface area contributed by atoms with Gasteiger partial charge in [-0.05, 0) is 31.0 Å². The largest absolute Gasteiger partial charge is 0.433 e. The van der Waals surface area contributed by atoms with E-state index in [4.69, 9.17) is 16.3 Å². The molecule has 0 bridgehead atoms. The minimum absolute atomic E-state index is 0.0258. The van der Waals surface area contributed by atoms with Crippen LogP contribution in [0.5, 0.6) is 0 Å². The van der Waals surface area contributed by atoms with Crippen LogP contribution in [0.2, 0.25) is 5.02 Å². The van der Waals surface area contributed by atoms with Crippen LogP contribution < -0.4 is 5.32 Å². The number of aromatic nitrogens is 2. The molecule has 1 aromatic carbocycles. The Kier molecular flexibility index (Phi) is 4.91. The molecule has 0 radical (unpaired) electrons. The van der Waals surface area contributed by atoms with Gasteiger partial charge in [-0.15, -0.1) is 0 Å². The molecular weight excluding hydrogens is 343 g/mol. The number of hydrogen-bond donors (Lipinski definition) is 1. The van der Waals surface area contributed by atoms with Crippen molar-refractivity contribution in [2.45, 2.75) is 25.1 Å². The number of ether oxygens (including phenoxy) is 1. The van der Waals surface area contributed by atoms with Crippen molar-refractivity contribution in [3.05, 3.63) is 41.0 Å². The second-order valence-electron chi connectivity index (χ2n) is 5.48. The Morgan fingerprint density at radius 1 is 1.21 bits per heavy atom. The Hall–Kier alpha value is -1.86. The number of nitrogens with one attached hydrogen (secondary N) is 1. The second kappa shape index (κ2) is 6.94. The predicted octanol–water partition coefficient (Wildman–Crippen LogP) is 4.41. The molecule has 24 heavy (non-hydrogen) atoms. The fraction of sp³-hybridized carbons (Fsp3) is 0.375. The van der Waals surface area contributed by atoms with Crippen molar-refractivity contribution in [3.63, 3.8) is 0 Å². The Balaban J connectivity index is 1.89. The van der Waals surface area contributed by atoms with E-state index in [-0.39, 0.29) is 17.7 Å². The molecule has 0 spiro atoms. The minimum atomic E-state index is -4.55. The first kappa shape index (κ1) is 17.0. The molecule has 2 aromatic rings. The fourth-order valence-corrected chi connectivity index (χ4v) is 2.58. The van der Waals surface area contributed by atoms with Gasteiger partial charge in [-0.3, -0.25) is 0 Å². The summed E-state index contributed by atoms with van der Waals surface area (Å²) < 4.78 is 44.8. The predicted molar refractivity (Wildman–Crippen MR) is 84.9 cm³/mol. The van der Waals surface area contributed by atoms with Crippen LogP contribution in [0.1, 0.15) is 18.5 Å². The molecular formula is C16H15ClF3N3O. The van der Waals surface area contributed by atoms with Gasteiger partial charge in [-0.1, -0.05) is 23.7 Å². The third-order valence-electron chi connectivity index (χ3n) is 3.67. The van der Waals surface area contributed by atoms with Crippen LogP contribution in [-0.2, 0) is 10.9 Å². The maximum atomic E-state index is 13.1. The maximum absolute atomic E-state index is 13.1. The maximum Gasteiger partial charge on any atom is 0.433 e. The zero-order valence-electron chi connectivity index (χ0n) is 12.6. The van der Waals surface area contributed by atoms with E-state index in [9.17, 15) is 13.2 Å². The molecule has 0 aliphatic carbocycles. The summed E-state index contributed by atoms with van der Waals surface area (Å²) in [6.45, 7) is 1.05. The van der Waals surface area contributed by atoms with Gasteiger partial charge < -0.3 is 10.1 Å². The number of nitrogens with zero attached hydrogens (tertiary/aromatic N) is 2. The fourth-order valence-electron chi connectivity index (χ4n) is 2.45. The molecule has 1 N–H and O–H groups in total. The van der Waals surface area contributed by atoms with Crippen molar-refractivity contribution in [3.8, 4) is 11.3 Å². The van der Waals surface area contributed by atoms with Crippen LogP contribution in [0, 0.1) is 0 Å². The summed E-state index contributed by atoms with van der Waals surface area (Å²) in [6, 6.07) is 7.38. The first-order valence-electron chi connectivity index (χ1n) is 7.49. The smallest absolute Gasteiger partial charge is 0.376 e. The van der Waals surface area contributed by atoms with Gasteiger partial charge in [0.1, 0.15) is 0 Å². The first-order chi connectivity index (χ1) is 11.4. The lowest BCUT2D eigenvalue weighted by Crippen LogP contribution is -2.21. The van der Waals surface area contributed by atoms with E-state index in [1.54, 1.807) is 24.3 Å². The highest BCUT2D eigenvalue weighted by Crippen LogP contribution is 2.31. The van der Waals surface area contributed by atoms with Crippen molar-refractivity contribution >= 4 is 17.5 Å². The summed E-state index contributed by atoms with van der Waals surface area (Å²) in [5, 5.41) is 3.35. The minimum Gasteiger partial charge on any atom is -0.376 e. The highest BCUT2D eigenvalue weighted by molar-refractivity contribution is 6.30. The van der Waals surface area contributed by atoms with Crippen molar-refractivity contribution in [1.29, 1.82) is 0 Å². The van der Waals surface area contributed by atoms with E-state index in [1.807, 2.05) is 0 Å². The monoisotopic (exact) mass is 357 g/mol. The molecule has 4 nitrogen and oxygen atoms in total.